The first-order valence-electron chi connectivity index (χ1n) is 12.8. The normalized spacial score (nSPS) is 30.5. The number of Topliss-reactive ketones (excluding diaryl/α,β-unsaturated/α-hetero) is 1. The summed E-state index contributed by atoms with van der Waals surface area (Å²) in [5.74, 6) is 0.635. The van der Waals surface area contributed by atoms with Gasteiger partial charge in [-0.1, -0.05) is 131 Å². The largest absolute Gasteiger partial charge is 0.299 e. The van der Waals surface area contributed by atoms with E-state index in [9.17, 15) is 4.79 Å². The van der Waals surface area contributed by atoms with Gasteiger partial charge < -0.3 is 0 Å². The molecule has 0 aliphatic heterocycles. The number of hydrogen-bond donors (Lipinski definition) is 0. The number of benzene rings is 1. The lowest BCUT2D eigenvalue weighted by molar-refractivity contribution is -0.133. The highest BCUT2D eigenvalue weighted by Crippen LogP contribution is 2.54. The zero-order valence-electron chi connectivity index (χ0n) is 23.6. The molecule has 0 amide bonds. The maximum absolute atomic E-state index is 14.1. The fourth-order valence-corrected chi connectivity index (χ4v) is 5.48. The van der Waals surface area contributed by atoms with Crippen LogP contribution in [-0.2, 0) is 4.79 Å². The lowest BCUT2D eigenvalue weighted by Crippen LogP contribution is -2.44. The second-order valence-electron chi connectivity index (χ2n) is 14.3. The molecule has 0 fully saturated rings. The Kier molecular flexibility index (Phi) is 7.42. The van der Waals surface area contributed by atoms with Crippen LogP contribution in [-0.4, -0.2) is 5.78 Å². The van der Waals surface area contributed by atoms with Gasteiger partial charge in [-0.05, 0) is 46.5 Å². The Bertz CT molecular complexity index is 889. The number of hydrogen-bond acceptors (Lipinski definition) is 1. The van der Waals surface area contributed by atoms with Gasteiger partial charge in [-0.3, -0.25) is 4.79 Å². The minimum Gasteiger partial charge on any atom is -0.299 e. The van der Waals surface area contributed by atoms with E-state index in [2.05, 4.69) is 138 Å². The summed E-state index contributed by atoms with van der Waals surface area (Å²) in [7, 11) is 0. The van der Waals surface area contributed by atoms with Gasteiger partial charge >= 0.3 is 0 Å². The van der Waals surface area contributed by atoms with Crippen LogP contribution in [0.2, 0.25) is 0 Å². The van der Waals surface area contributed by atoms with Crippen molar-refractivity contribution in [1.82, 2.24) is 0 Å². The van der Waals surface area contributed by atoms with E-state index in [1.54, 1.807) is 0 Å². The Labute approximate surface area is 205 Å². The molecule has 33 heavy (non-hydrogen) atoms. The second-order valence-corrected chi connectivity index (χ2v) is 14.3. The molecule has 0 heterocycles. The van der Waals surface area contributed by atoms with Crippen molar-refractivity contribution in [3.63, 3.8) is 0 Å². The van der Waals surface area contributed by atoms with E-state index in [1.807, 2.05) is 0 Å². The van der Waals surface area contributed by atoms with Crippen LogP contribution >= 0.6 is 0 Å². The summed E-state index contributed by atoms with van der Waals surface area (Å²) in [6.07, 6.45) is 11.0. The van der Waals surface area contributed by atoms with Gasteiger partial charge in [0.1, 0.15) is 5.78 Å². The molecular formula is C32H50O. The Morgan fingerprint density at radius 3 is 1.82 bits per heavy atom. The van der Waals surface area contributed by atoms with Crippen LogP contribution in [0.4, 0.5) is 0 Å². The third-order valence-electron chi connectivity index (χ3n) is 9.00. The second kappa shape index (κ2) is 8.86. The Morgan fingerprint density at radius 2 is 1.33 bits per heavy atom. The molecule has 1 aliphatic carbocycles. The van der Waals surface area contributed by atoms with E-state index in [0.717, 1.165) is 6.42 Å². The molecular weight excluding hydrogens is 400 g/mol. The summed E-state index contributed by atoms with van der Waals surface area (Å²) in [5.41, 5.74) is 0.344. The van der Waals surface area contributed by atoms with Gasteiger partial charge in [0.25, 0.3) is 0 Å². The van der Waals surface area contributed by atoms with Crippen LogP contribution in [0.1, 0.15) is 107 Å². The topological polar surface area (TPSA) is 17.1 Å². The highest BCUT2D eigenvalue weighted by atomic mass is 16.1. The molecule has 0 bridgehead atoms. The van der Waals surface area contributed by atoms with E-state index in [0.29, 0.717) is 18.1 Å². The van der Waals surface area contributed by atoms with Crippen LogP contribution in [0.15, 0.2) is 54.6 Å². The first-order valence-corrected chi connectivity index (χ1v) is 12.8. The number of ketones is 1. The van der Waals surface area contributed by atoms with E-state index in [1.165, 1.54) is 5.56 Å². The quantitative estimate of drug-likeness (QED) is 0.417. The third kappa shape index (κ3) is 5.72. The zero-order chi connectivity index (χ0) is 25.5. The zero-order valence-corrected chi connectivity index (χ0v) is 23.6. The molecule has 2 rings (SSSR count). The van der Waals surface area contributed by atoms with Crippen molar-refractivity contribution in [3.8, 4) is 0 Å². The van der Waals surface area contributed by atoms with Crippen molar-refractivity contribution in [1.29, 1.82) is 0 Å². The van der Waals surface area contributed by atoms with Gasteiger partial charge in [0.2, 0.25) is 0 Å². The van der Waals surface area contributed by atoms with Gasteiger partial charge in [-0.15, -0.1) is 0 Å². The van der Waals surface area contributed by atoms with Crippen LogP contribution < -0.4 is 0 Å². The Morgan fingerprint density at radius 1 is 0.818 bits per heavy atom. The molecule has 0 saturated heterocycles. The summed E-state index contributed by atoms with van der Waals surface area (Å²) in [5, 5.41) is 0. The number of allylic oxidation sites excluding steroid dienone is 4. The summed E-state index contributed by atoms with van der Waals surface area (Å²) < 4.78 is 0. The van der Waals surface area contributed by atoms with Gasteiger partial charge in [-0.2, -0.15) is 0 Å². The molecule has 0 spiro atoms. The fourth-order valence-electron chi connectivity index (χ4n) is 5.48. The molecule has 0 radical (unpaired) electrons. The standard InChI is InChI=1S/C32H50O/c1-24(25-16-14-13-15-17-25)30(10)18-20-31(11,29(8,9)23-27(2,3)4)22-26(33)32(12,21-19-30)28(5,6)7/h13-21,24H,22-23H2,1-12H3. The summed E-state index contributed by atoms with van der Waals surface area (Å²) >= 11 is 0. The molecule has 1 aromatic rings. The maximum atomic E-state index is 14.1. The molecule has 0 saturated carbocycles. The van der Waals surface area contributed by atoms with Crippen LogP contribution in [0, 0.1) is 32.5 Å². The van der Waals surface area contributed by atoms with Gasteiger partial charge in [0, 0.05) is 17.3 Å². The van der Waals surface area contributed by atoms with E-state index in [-0.39, 0.29) is 27.1 Å². The van der Waals surface area contributed by atoms with Crippen LogP contribution in [0.3, 0.4) is 0 Å². The average molecular weight is 451 g/mol. The summed E-state index contributed by atoms with van der Waals surface area (Å²) in [4.78, 5) is 14.1. The van der Waals surface area contributed by atoms with Crippen molar-refractivity contribution in [2.45, 2.75) is 102 Å². The van der Waals surface area contributed by atoms with E-state index in [4.69, 9.17) is 0 Å². The van der Waals surface area contributed by atoms with Crippen LogP contribution in [0.5, 0.6) is 0 Å². The minimum absolute atomic E-state index is 0.0303. The Hall–Kier alpha value is -1.63. The highest BCUT2D eigenvalue weighted by molar-refractivity contribution is 5.88. The van der Waals surface area contributed by atoms with Crippen LogP contribution in [0.25, 0.3) is 0 Å². The van der Waals surface area contributed by atoms with Gasteiger partial charge in [-0.25, -0.2) is 0 Å². The molecule has 0 N–H and O–H groups in total. The van der Waals surface area contributed by atoms with Crippen molar-refractivity contribution >= 4 is 5.78 Å². The fraction of sp³-hybridized carbons (Fsp3) is 0.656. The molecule has 0 aromatic heterocycles. The molecule has 1 nitrogen and oxygen atoms in total. The molecule has 4 atom stereocenters. The van der Waals surface area contributed by atoms with Gasteiger partial charge in [0.05, 0.1) is 0 Å². The monoisotopic (exact) mass is 450 g/mol. The molecule has 1 aromatic carbocycles. The SMILES string of the molecule is CC(c1ccccc1)C1(C)C=CC(C)(C(C)(C)CC(C)(C)C)CC(=O)C(C)(C(C)(C)C)C=C1. The molecule has 1 heteroatoms. The van der Waals surface area contributed by atoms with Crippen molar-refractivity contribution < 1.29 is 4.79 Å². The number of carbonyl (C=O) groups excluding carboxylic acids is 1. The summed E-state index contributed by atoms with van der Waals surface area (Å²) in [6.45, 7) is 27.4. The van der Waals surface area contributed by atoms with Gasteiger partial charge in [0.15, 0.2) is 0 Å². The predicted molar refractivity (Wildman–Crippen MR) is 144 cm³/mol. The third-order valence-corrected chi connectivity index (χ3v) is 9.00. The summed E-state index contributed by atoms with van der Waals surface area (Å²) in [6, 6.07) is 10.8. The molecule has 1 aliphatic rings. The number of rotatable bonds is 4. The van der Waals surface area contributed by atoms with Crippen molar-refractivity contribution in [3.05, 3.63) is 60.2 Å². The average Bonchev–Trinajstić information content (AvgIpc) is 2.71. The lowest BCUT2D eigenvalue weighted by atomic mass is 9.56. The minimum atomic E-state index is -0.532. The lowest BCUT2D eigenvalue weighted by Gasteiger charge is -2.48. The van der Waals surface area contributed by atoms with E-state index >= 15 is 0 Å². The predicted octanol–water partition coefficient (Wildman–Crippen LogP) is 9.40. The smallest absolute Gasteiger partial charge is 0.143 e. The first-order chi connectivity index (χ1) is 14.8. The molecule has 4 unspecified atom stereocenters. The Balaban J connectivity index is 2.74. The maximum Gasteiger partial charge on any atom is 0.143 e. The molecule has 184 valence electrons. The van der Waals surface area contributed by atoms with Crippen molar-refractivity contribution in [2.75, 3.05) is 0 Å². The van der Waals surface area contributed by atoms with Crippen molar-refractivity contribution in [2.24, 2.45) is 32.5 Å². The highest BCUT2D eigenvalue weighted by Gasteiger charge is 2.49. The van der Waals surface area contributed by atoms with E-state index < -0.39 is 5.41 Å². The number of carbonyl (C=O) groups is 1. The first kappa shape index (κ1) is 27.6.